The molecule has 1 aromatic heterocycles. The largest absolute Gasteiger partial charge is 0.341 e. The fraction of sp³-hybridized carbons (Fsp3) is 0.364. The summed E-state index contributed by atoms with van der Waals surface area (Å²) in [5.74, 6) is 1.35. The lowest BCUT2D eigenvalue weighted by molar-refractivity contribution is 0.480. The normalized spacial score (nSPS) is 12.8. The first-order valence-corrected chi connectivity index (χ1v) is 10.3. The maximum Gasteiger partial charge on any atom is 0.294 e. The van der Waals surface area contributed by atoms with Crippen molar-refractivity contribution >= 4 is 43.0 Å². The number of benzene rings is 1. The Hall–Kier alpha value is -1.14. The van der Waals surface area contributed by atoms with E-state index in [1.807, 2.05) is 0 Å². The number of fused-ring (bicyclic) bond motifs is 1. The van der Waals surface area contributed by atoms with Crippen LogP contribution in [0, 0.1) is 0 Å². The number of hydrogen-bond acceptors (Lipinski definition) is 6. The van der Waals surface area contributed by atoms with Crippen molar-refractivity contribution in [3.05, 3.63) is 24.0 Å². The van der Waals surface area contributed by atoms with Crippen LogP contribution in [0.4, 0.5) is 0 Å². The van der Waals surface area contributed by atoms with Crippen LogP contribution >= 0.6 is 11.8 Å². The predicted molar refractivity (Wildman–Crippen MR) is 83.1 cm³/mol. The van der Waals surface area contributed by atoms with Crippen LogP contribution in [-0.2, 0) is 26.0 Å². The number of hydrogen-bond donors (Lipinski definition) is 3. The Kier molecular flexibility index (Phi) is 5.12. The molecule has 0 atom stereocenters. The molecule has 1 aromatic carbocycles. The van der Waals surface area contributed by atoms with Crippen LogP contribution in [0.15, 0.2) is 23.1 Å². The highest BCUT2D eigenvalue weighted by atomic mass is 32.2. The van der Waals surface area contributed by atoms with Crippen LogP contribution in [0.25, 0.3) is 11.0 Å². The summed E-state index contributed by atoms with van der Waals surface area (Å²) in [4.78, 5) is 7.00. The highest BCUT2D eigenvalue weighted by Gasteiger charge is 2.12. The number of thioether (sulfide) groups is 1. The van der Waals surface area contributed by atoms with E-state index < -0.39 is 20.2 Å². The van der Waals surface area contributed by atoms with Gasteiger partial charge in [0.05, 0.1) is 27.4 Å². The van der Waals surface area contributed by atoms with Crippen molar-refractivity contribution in [3.8, 4) is 0 Å². The van der Waals surface area contributed by atoms with E-state index in [2.05, 4.69) is 9.97 Å². The van der Waals surface area contributed by atoms with Crippen molar-refractivity contribution in [3.63, 3.8) is 0 Å². The van der Waals surface area contributed by atoms with Gasteiger partial charge in [0.1, 0.15) is 5.82 Å². The highest BCUT2D eigenvalue weighted by molar-refractivity contribution is 7.98. The summed E-state index contributed by atoms with van der Waals surface area (Å²) >= 11 is 1.44. The number of imidazole rings is 1. The Morgan fingerprint density at radius 2 is 1.91 bits per heavy atom. The summed E-state index contributed by atoms with van der Waals surface area (Å²) in [6.07, 6.45) is 0.330. The first kappa shape index (κ1) is 17.2. The quantitative estimate of drug-likeness (QED) is 0.493. The summed E-state index contributed by atoms with van der Waals surface area (Å²) in [6, 6.07) is 4.06. The molecular formula is C11H14N2O6S3. The summed E-state index contributed by atoms with van der Waals surface area (Å²) in [7, 11) is -8.19. The molecule has 0 aliphatic carbocycles. The maximum absolute atomic E-state index is 11.1. The number of nitrogens with one attached hydrogen (secondary N) is 1. The van der Waals surface area contributed by atoms with Crippen molar-refractivity contribution in [1.82, 2.24) is 9.97 Å². The minimum Gasteiger partial charge on any atom is -0.341 e. The van der Waals surface area contributed by atoms with Gasteiger partial charge in [-0.25, -0.2) is 4.98 Å². The second-order valence-electron chi connectivity index (χ2n) is 4.53. The molecule has 0 saturated heterocycles. The number of aromatic amines is 1. The Balaban J connectivity index is 1.98. The molecule has 122 valence electrons. The Morgan fingerprint density at radius 3 is 2.55 bits per heavy atom. The molecule has 0 bridgehead atoms. The molecule has 3 N–H and O–H groups in total. The summed E-state index contributed by atoms with van der Waals surface area (Å²) in [5.41, 5.74) is 1.06. The van der Waals surface area contributed by atoms with Crippen molar-refractivity contribution < 1.29 is 25.9 Å². The number of nitrogens with zero attached hydrogens (tertiary/aromatic N) is 1. The van der Waals surface area contributed by atoms with Gasteiger partial charge in [-0.15, -0.1) is 0 Å². The zero-order chi connectivity index (χ0) is 16.4. The standard InChI is InChI=1S/C11H14N2O6S3/c14-21(15,16)5-1-4-20-7-11-12-9-3-2-8(22(17,18)19)6-10(9)13-11/h2-3,6H,1,4-5,7H2,(H,12,13)(H,14,15,16)(H,17,18,19). The van der Waals surface area contributed by atoms with Gasteiger partial charge in [0, 0.05) is 0 Å². The molecule has 11 heteroatoms. The summed E-state index contributed by atoms with van der Waals surface area (Å²) in [5, 5.41) is 0. The van der Waals surface area contributed by atoms with Gasteiger partial charge in [0.15, 0.2) is 0 Å². The molecule has 0 aliphatic rings. The fourth-order valence-electron chi connectivity index (χ4n) is 1.78. The number of aromatic nitrogens is 2. The average Bonchev–Trinajstić information content (AvgIpc) is 2.77. The minimum atomic E-state index is -4.26. The molecule has 0 fully saturated rings. The lowest BCUT2D eigenvalue weighted by Gasteiger charge is -1.98. The van der Waals surface area contributed by atoms with E-state index in [1.165, 1.54) is 30.0 Å². The third kappa shape index (κ3) is 4.95. The molecule has 1 heterocycles. The van der Waals surface area contributed by atoms with Gasteiger partial charge in [-0.2, -0.15) is 28.6 Å². The van der Waals surface area contributed by atoms with Crippen molar-refractivity contribution in [2.75, 3.05) is 11.5 Å². The van der Waals surface area contributed by atoms with Crippen LogP contribution in [0.2, 0.25) is 0 Å². The smallest absolute Gasteiger partial charge is 0.294 e. The third-order valence-corrected chi connectivity index (χ3v) is 5.44. The highest BCUT2D eigenvalue weighted by Crippen LogP contribution is 2.19. The van der Waals surface area contributed by atoms with E-state index in [9.17, 15) is 16.8 Å². The van der Waals surface area contributed by atoms with E-state index in [0.29, 0.717) is 34.8 Å². The lowest BCUT2D eigenvalue weighted by atomic mass is 10.3. The molecule has 0 unspecified atom stereocenters. The van der Waals surface area contributed by atoms with Gasteiger partial charge >= 0.3 is 0 Å². The zero-order valence-corrected chi connectivity index (χ0v) is 13.7. The number of H-pyrrole nitrogens is 1. The van der Waals surface area contributed by atoms with E-state index in [4.69, 9.17) is 9.11 Å². The van der Waals surface area contributed by atoms with Crippen LogP contribution in [0.3, 0.4) is 0 Å². The van der Waals surface area contributed by atoms with Gasteiger partial charge < -0.3 is 4.98 Å². The van der Waals surface area contributed by atoms with E-state index in [0.717, 1.165) is 0 Å². The van der Waals surface area contributed by atoms with E-state index in [1.54, 1.807) is 0 Å². The fourth-order valence-corrected chi connectivity index (χ4v) is 3.79. The van der Waals surface area contributed by atoms with Crippen LogP contribution in [-0.4, -0.2) is 47.4 Å². The second-order valence-corrected chi connectivity index (χ2v) is 8.63. The Labute approximate surface area is 131 Å². The molecule has 0 aliphatic heterocycles. The Bertz CT molecular complexity index is 872. The molecule has 2 aromatic rings. The molecular weight excluding hydrogens is 352 g/mol. The van der Waals surface area contributed by atoms with Crippen LogP contribution in [0.1, 0.15) is 12.2 Å². The first-order chi connectivity index (χ1) is 10.1. The SMILES string of the molecule is O=S(=O)(O)CCCSCc1nc2cc(S(=O)(=O)O)ccc2[nH]1. The van der Waals surface area contributed by atoms with Crippen LogP contribution in [0.5, 0.6) is 0 Å². The maximum atomic E-state index is 11.1. The number of rotatable bonds is 7. The topological polar surface area (TPSA) is 137 Å². The van der Waals surface area contributed by atoms with E-state index >= 15 is 0 Å². The predicted octanol–water partition coefficient (Wildman–Crippen LogP) is 1.32. The monoisotopic (exact) mass is 366 g/mol. The molecule has 22 heavy (non-hydrogen) atoms. The van der Waals surface area contributed by atoms with Gasteiger partial charge in [0.25, 0.3) is 20.2 Å². The summed E-state index contributed by atoms with van der Waals surface area (Å²) in [6.45, 7) is 0. The third-order valence-electron chi connectivity index (χ3n) is 2.73. The van der Waals surface area contributed by atoms with Gasteiger partial charge in [0.2, 0.25) is 0 Å². The lowest BCUT2D eigenvalue weighted by Crippen LogP contribution is -2.04. The molecule has 0 radical (unpaired) electrons. The van der Waals surface area contributed by atoms with Gasteiger partial charge in [-0.05, 0) is 30.4 Å². The minimum absolute atomic E-state index is 0.223. The van der Waals surface area contributed by atoms with Crippen LogP contribution < -0.4 is 0 Å². The molecule has 0 amide bonds. The summed E-state index contributed by atoms with van der Waals surface area (Å²) < 4.78 is 60.8. The zero-order valence-electron chi connectivity index (χ0n) is 11.3. The Morgan fingerprint density at radius 1 is 1.18 bits per heavy atom. The molecule has 0 spiro atoms. The molecule has 8 nitrogen and oxygen atoms in total. The molecule has 0 saturated carbocycles. The van der Waals surface area contributed by atoms with Crippen molar-refractivity contribution in [1.29, 1.82) is 0 Å². The second kappa shape index (κ2) is 6.54. The van der Waals surface area contributed by atoms with Gasteiger partial charge in [-0.3, -0.25) is 9.11 Å². The first-order valence-electron chi connectivity index (χ1n) is 6.14. The van der Waals surface area contributed by atoms with Crippen molar-refractivity contribution in [2.24, 2.45) is 0 Å². The van der Waals surface area contributed by atoms with Gasteiger partial charge in [-0.1, -0.05) is 0 Å². The average molecular weight is 366 g/mol. The van der Waals surface area contributed by atoms with E-state index in [-0.39, 0.29) is 10.6 Å². The van der Waals surface area contributed by atoms with Crippen molar-refractivity contribution in [2.45, 2.75) is 17.1 Å². The molecule has 2 rings (SSSR count).